The molecule has 0 aliphatic rings. The number of rotatable bonds is 4. The topological polar surface area (TPSA) is 76.0 Å². The lowest BCUT2D eigenvalue weighted by Gasteiger charge is -2.25. The second-order valence-corrected chi connectivity index (χ2v) is 9.74. The van der Waals surface area contributed by atoms with Gasteiger partial charge in [0.05, 0.1) is 17.1 Å². The molecule has 0 fully saturated rings. The van der Waals surface area contributed by atoms with Crippen molar-refractivity contribution in [1.29, 1.82) is 0 Å². The fraction of sp³-hybridized carbons (Fsp3) is 0.158. The van der Waals surface area contributed by atoms with Gasteiger partial charge in [-0.05, 0) is 118 Å². The van der Waals surface area contributed by atoms with Gasteiger partial charge in [0.15, 0.2) is 0 Å². The molecule has 5 nitrogen and oxygen atoms in total. The van der Waals surface area contributed by atoms with Gasteiger partial charge in [-0.2, -0.15) is 0 Å². The molecule has 3 aromatic rings. The van der Waals surface area contributed by atoms with Gasteiger partial charge >= 0.3 is 5.97 Å². The lowest BCUT2D eigenvalue weighted by Crippen LogP contribution is -2.23. The Morgan fingerprint density at radius 3 is 2.37 bits per heavy atom. The second kappa shape index (κ2) is 8.23. The SMILES string of the molecule is CC(C)(c1cc(I)cc(C(=O)O)n1)c1cccc(-c2ccc(I)nc2I)n1. The third-order valence-electron chi connectivity index (χ3n) is 4.13. The van der Waals surface area contributed by atoms with Crippen molar-refractivity contribution in [3.8, 4) is 11.3 Å². The predicted molar refractivity (Wildman–Crippen MR) is 129 cm³/mol. The lowest BCUT2D eigenvalue weighted by molar-refractivity contribution is 0.0690. The Labute approximate surface area is 197 Å². The molecular weight excluding hydrogens is 683 g/mol. The van der Waals surface area contributed by atoms with Crippen LogP contribution < -0.4 is 0 Å². The fourth-order valence-electron chi connectivity index (χ4n) is 2.59. The van der Waals surface area contributed by atoms with Crippen LogP contribution in [0.3, 0.4) is 0 Å². The Bertz CT molecular complexity index is 1040. The summed E-state index contributed by atoms with van der Waals surface area (Å²) in [6, 6.07) is 13.3. The number of aromatic carboxylic acids is 1. The number of carboxylic acid groups (broad SMARTS) is 1. The molecule has 0 amide bonds. The summed E-state index contributed by atoms with van der Waals surface area (Å²) in [6.07, 6.45) is 0. The zero-order chi connectivity index (χ0) is 19.8. The van der Waals surface area contributed by atoms with Gasteiger partial charge in [0.25, 0.3) is 0 Å². The Morgan fingerprint density at radius 2 is 1.70 bits per heavy atom. The first kappa shape index (κ1) is 20.8. The van der Waals surface area contributed by atoms with E-state index in [1.165, 1.54) is 0 Å². The van der Waals surface area contributed by atoms with Gasteiger partial charge in [0.1, 0.15) is 13.1 Å². The molecule has 3 aromatic heterocycles. The Kier molecular flexibility index (Phi) is 6.35. The number of carbonyl (C=O) groups is 1. The minimum absolute atomic E-state index is 0.0394. The van der Waals surface area contributed by atoms with E-state index in [0.717, 1.165) is 27.9 Å². The van der Waals surface area contributed by atoms with Crippen molar-refractivity contribution in [1.82, 2.24) is 15.0 Å². The smallest absolute Gasteiger partial charge is 0.354 e. The highest BCUT2D eigenvalue weighted by molar-refractivity contribution is 14.1. The van der Waals surface area contributed by atoms with Crippen LogP contribution in [-0.4, -0.2) is 26.0 Å². The van der Waals surface area contributed by atoms with Crippen LogP contribution in [0.4, 0.5) is 0 Å². The number of carboxylic acids is 1. The number of halogens is 3. The average Bonchev–Trinajstić information content (AvgIpc) is 2.61. The van der Waals surface area contributed by atoms with Crippen molar-refractivity contribution in [2.45, 2.75) is 19.3 Å². The number of hydrogen-bond donors (Lipinski definition) is 1. The van der Waals surface area contributed by atoms with Crippen molar-refractivity contribution in [3.05, 3.63) is 70.5 Å². The van der Waals surface area contributed by atoms with E-state index in [1.54, 1.807) is 6.07 Å². The minimum Gasteiger partial charge on any atom is -0.477 e. The third-order valence-corrected chi connectivity index (χ3v) is 6.18. The Balaban J connectivity index is 2.09. The van der Waals surface area contributed by atoms with Crippen molar-refractivity contribution in [3.63, 3.8) is 0 Å². The van der Waals surface area contributed by atoms with Gasteiger partial charge in [-0.1, -0.05) is 6.07 Å². The van der Waals surface area contributed by atoms with Gasteiger partial charge in [0, 0.05) is 14.5 Å². The van der Waals surface area contributed by atoms with Crippen molar-refractivity contribution < 1.29 is 9.90 Å². The summed E-state index contributed by atoms with van der Waals surface area (Å²) in [6.45, 7) is 4.00. The van der Waals surface area contributed by atoms with Crippen LogP contribution in [0.5, 0.6) is 0 Å². The fourth-order valence-corrected chi connectivity index (χ4v) is 4.78. The molecule has 0 bridgehead atoms. The molecule has 138 valence electrons. The van der Waals surface area contributed by atoms with Crippen LogP contribution in [-0.2, 0) is 5.41 Å². The molecule has 0 unspecified atom stereocenters. The Hall–Kier alpha value is -0.890. The highest BCUT2D eigenvalue weighted by atomic mass is 127. The largest absolute Gasteiger partial charge is 0.477 e. The lowest BCUT2D eigenvalue weighted by atomic mass is 9.84. The van der Waals surface area contributed by atoms with E-state index in [9.17, 15) is 9.90 Å². The maximum atomic E-state index is 11.4. The van der Waals surface area contributed by atoms with Crippen molar-refractivity contribution >= 4 is 73.7 Å². The number of aromatic nitrogens is 3. The second-order valence-electron chi connectivity index (χ2n) is 6.37. The molecule has 27 heavy (non-hydrogen) atoms. The summed E-state index contributed by atoms with van der Waals surface area (Å²) in [5, 5.41) is 9.33. The minimum atomic E-state index is -1.04. The van der Waals surface area contributed by atoms with Gasteiger partial charge in [-0.15, -0.1) is 0 Å². The monoisotopic (exact) mass is 697 g/mol. The first-order valence-electron chi connectivity index (χ1n) is 7.90. The van der Waals surface area contributed by atoms with Crippen molar-refractivity contribution in [2.75, 3.05) is 0 Å². The van der Waals surface area contributed by atoms with Gasteiger partial charge in [-0.25, -0.2) is 14.8 Å². The summed E-state index contributed by atoms with van der Waals surface area (Å²) in [5.74, 6) is -1.04. The molecule has 0 spiro atoms. The first-order chi connectivity index (χ1) is 12.7. The van der Waals surface area contributed by atoms with E-state index in [1.807, 2.05) is 50.2 Å². The molecule has 3 heterocycles. The molecule has 1 N–H and O–H groups in total. The zero-order valence-electron chi connectivity index (χ0n) is 14.4. The van der Waals surface area contributed by atoms with Crippen LogP contribution in [0.2, 0.25) is 0 Å². The third kappa shape index (κ3) is 4.58. The van der Waals surface area contributed by atoms with Crippen molar-refractivity contribution in [2.24, 2.45) is 0 Å². The first-order valence-corrected chi connectivity index (χ1v) is 11.1. The number of hydrogen-bond acceptors (Lipinski definition) is 4. The van der Waals surface area contributed by atoms with Gasteiger partial charge in [0.2, 0.25) is 0 Å². The zero-order valence-corrected chi connectivity index (χ0v) is 20.8. The molecule has 8 heteroatoms. The van der Waals surface area contributed by atoms with Crippen LogP contribution in [0.25, 0.3) is 11.3 Å². The molecule has 0 saturated heterocycles. The summed E-state index contributed by atoms with van der Waals surface area (Å²) in [5.41, 5.74) is 2.78. The molecular formula is C19H14I3N3O2. The standard InChI is InChI=1S/C19H14I3N3O2/c1-19(2,15-9-10(20)8-13(24-15)18(26)27)14-5-3-4-12(23-14)11-6-7-16(21)25-17(11)22/h3-9H,1-2H3,(H,26,27). The van der Waals surface area contributed by atoms with E-state index < -0.39 is 11.4 Å². The van der Waals surface area contributed by atoms with Crippen LogP contribution in [0, 0.1) is 11.0 Å². The average molecular weight is 697 g/mol. The summed E-state index contributed by atoms with van der Waals surface area (Å²) >= 11 is 6.52. The molecule has 0 atom stereocenters. The van der Waals surface area contributed by atoms with E-state index in [2.05, 4.69) is 77.7 Å². The summed E-state index contributed by atoms with van der Waals surface area (Å²) in [7, 11) is 0. The molecule has 3 rings (SSSR count). The van der Waals surface area contributed by atoms with Gasteiger partial charge < -0.3 is 5.11 Å². The quantitative estimate of drug-likeness (QED) is 0.293. The summed E-state index contributed by atoms with van der Waals surface area (Å²) in [4.78, 5) is 25.1. The van der Waals surface area contributed by atoms with E-state index in [4.69, 9.17) is 4.98 Å². The Morgan fingerprint density at radius 1 is 0.963 bits per heavy atom. The van der Waals surface area contributed by atoms with Crippen LogP contribution in [0.1, 0.15) is 35.7 Å². The van der Waals surface area contributed by atoms with Crippen LogP contribution >= 0.6 is 67.8 Å². The van der Waals surface area contributed by atoms with E-state index in [0.29, 0.717) is 5.69 Å². The van der Waals surface area contributed by atoms with Gasteiger partial charge in [-0.3, -0.25) is 4.98 Å². The maximum Gasteiger partial charge on any atom is 0.354 e. The van der Waals surface area contributed by atoms with Crippen LogP contribution in [0.15, 0.2) is 42.5 Å². The molecule has 0 radical (unpaired) electrons. The molecule has 0 aromatic carbocycles. The van der Waals surface area contributed by atoms with E-state index in [-0.39, 0.29) is 5.69 Å². The maximum absolute atomic E-state index is 11.4. The van der Waals surface area contributed by atoms with E-state index >= 15 is 0 Å². The number of nitrogens with zero attached hydrogens (tertiary/aromatic N) is 3. The predicted octanol–water partition coefficient (Wildman–Crippen LogP) is 5.38. The highest BCUT2D eigenvalue weighted by Crippen LogP contribution is 2.32. The summed E-state index contributed by atoms with van der Waals surface area (Å²) < 4.78 is 2.65. The highest BCUT2D eigenvalue weighted by Gasteiger charge is 2.28. The number of pyridine rings is 3. The molecule has 0 aliphatic carbocycles. The normalized spacial score (nSPS) is 11.4. The molecule has 0 aliphatic heterocycles. The molecule has 0 saturated carbocycles.